The summed E-state index contributed by atoms with van der Waals surface area (Å²) in [4.78, 5) is 18.0. The fourth-order valence-electron chi connectivity index (χ4n) is 2.47. The number of hydrogen-bond acceptors (Lipinski definition) is 5. The topological polar surface area (TPSA) is 74.7 Å². The molecule has 0 aliphatic carbocycles. The van der Waals surface area contributed by atoms with E-state index in [2.05, 4.69) is 15.2 Å². The van der Waals surface area contributed by atoms with Crippen LogP contribution >= 0.6 is 0 Å². The number of nitrogens with zero attached hydrogens (tertiary/aromatic N) is 2. The van der Waals surface area contributed by atoms with Crippen LogP contribution in [0.15, 0.2) is 12.3 Å². The lowest BCUT2D eigenvalue weighted by atomic mass is 10.1. The highest BCUT2D eigenvalue weighted by Crippen LogP contribution is 2.23. The highest BCUT2D eigenvalue weighted by atomic mass is 16.5. The van der Waals surface area contributed by atoms with Crippen LogP contribution in [0.25, 0.3) is 0 Å². The fourth-order valence-corrected chi connectivity index (χ4v) is 2.47. The SMILES string of the molecule is CNC(=O)c1cc(OC)c(CN2CCC(CO)C2)cn1. The summed E-state index contributed by atoms with van der Waals surface area (Å²) in [5, 5.41) is 11.7. The number of pyridine rings is 1. The van der Waals surface area contributed by atoms with Gasteiger partial charge >= 0.3 is 0 Å². The lowest BCUT2D eigenvalue weighted by Crippen LogP contribution is -2.22. The summed E-state index contributed by atoms with van der Waals surface area (Å²) in [7, 11) is 3.16. The molecule has 0 bridgehead atoms. The first-order valence-corrected chi connectivity index (χ1v) is 6.76. The zero-order valence-electron chi connectivity index (χ0n) is 11.9. The first kappa shape index (κ1) is 14.7. The number of amides is 1. The molecule has 2 rings (SSSR count). The Kier molecular flexibility index (Phi) is 4.92. The van der Waals surface area contributed by atoms with Crippen molar-refractivity contribution in [2.24, 2.45) is 5.92 Å². The van der Waals surface area contributed by atoms with Crippen LogP contribution in [0, 0.1) is 5.92 Å². The molecule has 1 saturated heterocycles. The Balaban J connectivity index is 2.10. The fraction of sp³-hybridized carbons (Fsp3) is 0.571. The van der Waals surface area contributed by atoms with Gasteiger partial charge in [0, 0.05) is 44.6 Å². The Morgan fingerprint density at radius 2 is 2.45 bits per heavy atom. The molecule has 0 spiro atoms. The molecule has 0 radical (unpaired) electrons. The van der Waals surface area contributed by atoms with Crippen LogP contribution in [0.5, 0.6) is 5.75 Å². The zero-order valence-corrected chi connectivity index (χ0v) is 11.9. The number of aromatic nitrogens is 1. The van der Waals surface area contributed by atoms with Crippen molar-refractivity contribution in [2.75, 3.05) is 33.9 Å². The highest BCUT2D eigenvalue weighted by molar-refractivity contribution is 5.92. The largest absolute Gasteiger partial charge is 0.496 e. The van der Waals surface area contributed by atoms with Crippen molar-refractivity contribution in [3.05, 3.63) is 23.5 Å². The van der Waals surface area contributed by atoms with Crippen LogP contribution in [0.4, 0.5) is 0 Å². The predicted octanol–water partition coefficient (Wildman–Crippen LogP) is 0.264. The van der Waals surface area contributed by atoms with Crippen molar-refractivity contribution in [1.82, 2.24) is 15.2 Å². The van der Waals surface area contributed by atoms with Gasteiger partial charge in [-0.15, -0.1) is 0 Å². The second-order valence-electron chi connectivity index (χ2n) is 5.03. The second-order valence-corrected chi connectivity index (χ2v) is 5.03. The first-order valence-electron chi connectivity index (χ1n) is 6.76. The van der Waals surface area contributed by atoms with Gasteiger partial charge < -0.3 is 15.2 Å². The van der Waals surface area contributed by atoms with E-state index in [1.807, 2.05) is 0 Å². The summed E-state index contributed by atoms with van der Waals surface area (Å²) >= 11 is 0. The number of nitrogens with one attached hydrogen (secondary N) is 1. The molecular weight excluding hydrogens is 258 g/mol. The summed E-state index contributed by atoms with van der Waals surface area (Å²) in [6.07, 6.45) is 2.71. The maximum atomic E-state index is 11.6. The quantitative estimate of drug-likeness (QED) is 0.809. The molecule has 2 N–H and O–H groups in total. The second kappa shape index (κ2) is 6.67. The maximum Gasteiger partial charge on any atom is 0.269 e. The number of aliphatic hydroxyl groups excluding tert-OH is 1. The van der Waals surface area contributed by atoms with Crippen LogP contribution in [-0.2, 0) is 6.54 Å². The minimum Gasteiger partial charge on any atom is -0.496 e. The molecule has 1 aromatic rings. The summed E-state index contributed by atoms with van der Waals surface area (Å²) < 4.78 is 5.35. The average molecular weight is 279 g/mol. The van der Waals surface area contributed by atoms with E-state index in [1.165, 1.54) is 0 Å². The van der Waals surface area contributed by atoms with Gasteiger partial charge in [-0.2, -0.15) is 0 Å². The number of ether oxygens (including phenoxy) is 1. The highest BCUT2D eigenvalue weighted by Gasteiger charge is 2.23. The van der Waals surface area contributed by atoms with E-state index in [9.17, 15) is 4.79 Å². The molecule has 1 aliphatic heterocycles. The van der Waals surface area contributed by atoms with E-state index in [4.69, 9.17) is 9.84 Å². The molecule has 1 aliphatic rings. The van der Waals surface area contributed by atoms with Gasteiger partial charge in [-0.1, -0.05) is 0 Å². The predicted molar refractivity (Wildman–Crippen MR) is 74.6 cm³/mol. The molecule has 0 saturated carbocycles. The van der Waals surface area contributed by atoms with Crippen molar-refractivity contribution in [3.8, 4) is 5.75 Å². The van der Waals surface area contributed by atoms with Crippen molar-refractivity contribution in [2.45, 2.75) is 13.0 Å². The van der Waals surface area contributed by atoms with Gasteiger partial charge in [-0.05, 0) is 18.9 Å². The van der Waals surface area contributed by atoms with Gasteiger partial charge in [-0.25, -0.2) is 0 Å². The molecule has 20 heavy (non-hydrogen) atoms. The zero-order chi connectivity index (χ0) is 14.5. The summed E-state index contributed by atoms with van der Waals surface area (Å²) in [5.41, 5.74) is 1.31. The Morgan fingerprint density at radius 1 is 1.65 bits per heavy atom. The first-order chi connectivity index (χ1) is 9.67. The van der Waals surface area contributed by atoms with E-state index >= 15 is 0 Å². The van der Waals surface area contributed by atoms with Crippen LogP contribution in [0.1, 0.15) is 22.5 Å². The Morgan fingerprint density at radius 3 is 3.05 bits per heavy atom. The molecule has 1 fully saturated rings. The van der Waals surface area contributed by atoms with Crippen molar-refractivity contribution >= 4 is 5.91 Å². The molecule has 1 unspecified atom stereocenters. The smallest absolute Gasteiger partial charge is 0.269 e. The van der Waals surface area contributed by atoms with Gasteiger partial charge in [0.05, 0.1) is 7.11 Å². The van der Waals surface area contributed by atoms with Gasteiger partial charge in [0.25, 0.3) is 5.91 Å². The number of carbonyl (C=O) groups excluding carboxylic acids is 1. The molecule has 0 aromatic carbocycles. The molecule has 1 aromatic heterocycles. The van der Waals surface area contributed by atoms with E-state index in [1.54, 1.807) is 26.4 Å². The van der Waals surface area contributed by atoms with Gasteiger partial charge in [0.15, 0.2) is 0 Å². The monoisotopic (exact) mass is 279 g/mol. The maximum absolute atomic E-state index is 11.6. The molecular formula is C14H21N3O3. The summed E-state index contributed by atoms with van der Waals surface area (Å²) in [5.74, 6) is 0.807. The van der Waals surface area contributed by atoms with Gasteiger partial charge in [0.1, 0.15) is 11.4 Å². The van der Waals surface area contributed by atoms with Gasteiger partial charge in [0.2, 0.25) is 0 Å². The number of hydrogen-bond donors (Lipinski definition) is 2. The molecule has 6 nitrogen and oxygen atoms in total. The van der Waals surface area contributed by atoms with E-state index in [0.29, 0.717) is 17.4 Å². The van der Waals surface area contributed by atoms with Crippen LogP contribution in [-0.4, -0.2) is 54.8 Å². The van der Waals surface area contributed by atoms with Crippen molar-refractivity contribution in [1.29, 1.82) is 0 Å². The summed E-state index contributed by atoms with van der Waals surface area (Å²) in [6.45, 7) is 2.81. The molecule has 110 valence electrons. The van der Waals surface area contributed by atoms with Crippen molar-refractivity contribution < 1.29 is 14.6 Å². The average Bonchev–Trinajstić information content (AvgIpc) is 2.94. The molecule has 2 heterocycles. The third-order valence-corrected chi connectivity index (χ3v) is 3.65. The lowest BCUT2D eigenvalue weighted by Gasteiger charge is -2.17. The van der Waals surface area contributed by atoms with Crippen LogP contribution in [0.3, 0.4) is 0 Å². The Labute approximate surface area is 118 Å². The number of aliphatic hydroxyl groups is 1. The minimum absolute atomic E-state index is 0.226. The number of methoxy groups -OCH3 is 1. The molecule has 1 atom stereocenters. The number of likely N-dealkylation sites (tertiary alicyclic amines) is 1. The standard InChI is InChI=1S/C14H21N3O3/c1-15-14(19)12-5-13(20-2)11(6-16-12)8-17-4-3-10(7-17)9-18/h5-6,10,18H,3-4,7-9H2,1-2H3,(H,15,19). The van der Waals surface area contributed by atoms with Crippen molar-refractivity contribution in [3.63, 3.8) is 0 Å². The van der Waals surface area contributed by atoms with E-state index < -0.39 is 0 Å². The van der Waals surface area contributed by atoms with E-state index in [0.717, 1.165) is 31.6 Å². The summed E-state index contributed by atoms with van der Waals surface area (Å²) in [6, 6.07) is 1.66. The third kappa shape index (κ3) is 3.26. The minimum atomic E-state index is -0.226. The van der Waals surface area contributed by atoms with Crippen LogP contribution < -0.4 is 10.1 Å². The van der Waals surface area contributed by atoms with Gasteiger partial charge in [-0.3, -0.25) is 14.7 Å². The third-order valence-electron chi connectivity index (χ3n) is 3.65. The Bertz CT molecular complexity index is 479. The van der Waals surface area contributed by atoms with Crippen LogP contribution in [0.2, 0.25) is 0 Å². The normalized spacial score (nSPS) is 19.1. The lowest BCUT2D eigenvalue weighted by molar-refractivity contribution is 0.0957. The Hall–Kier alpha value is -1.66. The van der Waals surface area contributed by atoms with E-state index in [-0.39, 0.29) is 12.5 Å². The molecule has 1 amide bonds. The molecule has 6 heteroatoms. The number of rotatable bonds is 5. The number of carbonyl (C=O) groups is 1.